The van der Waals surface area contributed by atoms with Crippen molar-refractivity contribution in [3.05, 3.63) is 116 Å². The molecular weight excluding hydrogens is 447 g/mol. The molecule has 0 bridgehead atoms. The molecule has 0 heterocycles. The number of hydrogen-bond acceptors (Lipinski definition) is 4. The summed E-state index contributed by atoms with van der Waals surface area (Å²) in [5.41, 5.74) is 2.04. The maximum atomic E-state index is 13.2. The fraction of sp³-hybridized carbons (Fsp3) is 0.0800. The number of Topliss-reactive ketones (excluding diaryl/α,β-unsaturated/α-hetero) is 1. The largest absolute Gasteiger partial charge is 0.378 e. The van der Waals surface area contributed by atoms with Crippen molar-refractivity contribution < 1.29 is 9.72 Å². The van der Waals surface area contributed by atoms with E-state index in [0.717, 1.165) is 16.3 Å². The summed E-state index contributed by atoms with van der Waals surface area (Å²) in [6, 6.07) is 24.4. The van der Waals surface area contributed by atoms with Gasteiger partial charge in [-0.05, 0) is 46.7 Å². The standard InChI is InChI=1S/C25H18Cl2N2O3/c26-22-12-7-18(14-23(22)27)24(28-20-8-10-21(11-9-20)29(31)32)15-25(30)19-6-5-16-3-1-2-4-17(16)13-19/h1-14,24,28H,15H2. The lowest BCUT2D eigenvalue weighted by atomic mass is 9.96. The van der Waals surface area contributed by atoms with Gasteiger partial charge < -0.3 is 5.32 Å². The van der Waals surface area contributed by atoms with Gasteiger partial charge in [-0.2, -0.15) is 0 Å². The van der Waals surface area contributed by atoms with Crippen molar-refractivity contribution in [3.8, 4) is 0 Å². The van der Waals surface area contributed by atoms with Crippen LogP contribution in [0.3, 0.4) is 0 Å². The average molecular weight is 465 g/mol. The Hall–Kier alpha value is -3.41. The number of benzene rings is 4. The Morgan fingerprint density at radius 2 is 1.59 bits per heavy atom. The third kappa shape index (κ3) is 4.90. The molecule has 0 radical (unpaired) electrons. The van der Waals surface area contributed by atoms with E-state index in [0.29, 0.717) is 21.3 Å². The Balaban J connectivity index is 1.63. The van der Waals surface area contributed by atoms with Crippen LogP contribution in [0.15, 0.2) is 84.9 Å². The van der Waals surface area contributed by atoms with Crippen LogP contribution in [-0.2, 0) is 0 Å². The molecule has 0 aromatic heterocycles. The SMILES string of the molecule is O=C(CC(Nc1ccc([N+](=O)[O-])cc1)c1ccc(Cl)c(Cl)c1)c1ccc2ccccc2c1. The zero-order valence-electron chi connectivity index (χ0n) is 16.8. The minimum absolute atomic E-state index is 0.00567. The number of carbonyl (C=O) groups is 1. The van der Waals surface area contributed by atoms with E-state index in [2.05, 4.69) is 5.32 Å². The fourth-order valence-corrected chi connectivity index (χ4v) is 3.83. The first-order valence-electron chi connectivity index (χ1n) is 9.88. The molecule has 4 aromatic carbocycles. The van der Waals surface area contributed by atoms with Gasteiger partial charge in [-0.15, -0.1) is 0 Å². The van der Waals surface area contributed by atoms with Crippen LogP contribution in [0, 0.1) is 10.1 Å². The van der Waals surface area contributed by atoms with Crippen LogP contribution >= 0.6 is 23.2 Å². The summed E-state index contributed by atoms with van der Waals surface area (Å²) in [6.07, 6.45) is 0.160. The number of nitrogens with zero attached hydrogens (tertiary/aromatic N) is 1. The highest BCUT2D eigenvalue weighted by Gasteiger charge is 2.19. The van der Waals surface area contributed by atoms with Gasteiger partial charge in [-0.3, -0.25) is 14.9 Å². The molecule has 0 saturated heterocycles. The summed E-state index contributed by atoms with van der Waals surface area (Å²) in [5.74, 6) is -0.0405. The molecule has 1 unspecified atom stereocenters. The zero-order valence-corrected chi connectivity index (χ0v) is 18.3. The van der Waals surface area contributed by atoms with E-state index in [1.54, 1.807) is 24.3 Å². The molecule has 160 valence electrons. The number of halogens is 2. The summed E-state index contributed by atoms with van der Waals surface area (Å²) in [4.78, 5) is 23.6. The van der Waals surface area contributed by atoms with E-state index >= 15 is 0 Å². The van der Waals surface area contributed by atoms with Gasteiger partial charge in [0.05, 0.1) is 21.0 Å². The van der Waals surface area contributed by atoms with E-state index in [4.69, 9.17) is 23.2 Å². The van der Waals surface area contributed by atoms with Crippen LogP contribution in [0.1, 0.15) is 28.4 Å². The lowest BCUT2D eigenvalue weighted by Gasteiger charge is -2.21. The predicted molar refractivity (Wildman–Crippen MR) is 129 cm³/mol. The maximum absolute atomic E-state index is 13.2. The molecule has 4 rings (SSSR count). The second-order valence-corrected chi connectivity index (χ2v) is 8.18. The van der Waals surface area contributed by atoms with Crippen molar-refractivity contribution in [1.82, 2.24) is 0 Å². The second-order valence-electron chi connectivity index (χ2n) is 7.36. The van der Waals surface area contributed by atoms with E-state index < -0.39 is 11.0 Å². The number of rotatable bonds is 7. The minimum atomic E-state index is -0.455. The van der Waals surface area contributed by atoms with Crippen LogP contribution in [0.5, 0.6) is 0 Å². The molecule has 4 aromatic rings. The summed E-state index contributed by atoms with van der Waals surface area (Å²) >= 11 is 12.3. The molecular formula is C25H18Cl2N2O3. The number of nitro benzene ring substituents is 1. The molecule has 0 aliphatic rings. The summed E-state index contributed by atoms with van der Waals surface area (Å²) in [5, 5.41) is 17.1. The lowest BCUT2D eigenvalue weighted by Crippen LogP contribution is -2.16. The number of fused-ring (bicyclic) bond motifs is 1. The number of carbonyl (C=O) groups excluding carboxylic acids is 1. The van der Waals surface area contributed by atoms with Crippen LogP contribution in [0.2, 0.25) is 10.0 Å². The third-order valence-electron chi connectivity index (χ3n) is 5.23. The molecule has 32 heavy (non-hydrogen) atoms. The number of non-ortho nitro benzene ring substituents is 1. The number of hydrogen-bond donors (Lipinski definition) is 1. The topological polar surface area (TPSA) is 72.2 Å². The molecule has 0 spiro atoms. The molecule has 0 saturated carbocycles. The second kappa shape index (κ2) is 9.39. The first-order chi connectivity index (χ1) is 15.4. The van der Waals surface area contributed by atoms with Crippen molar-refractivity contribution in [2.24, 2.45) is 0 Å². The summed E-state index contributed by atoms with van der Waals surface area (Å²) < 4.78 is 0. The third-order valence-corrected chi connectivity index (χ3v) is 5.97. The summed E-state index contributed by atoms with van der Waals surface area (Å²) in [7, 11) is 0. The Kier molecular flexibility index (Phi) is 6.40. The Morgan fingerprint density at radius 1 is 0.875 bits per heavy atom. The number of anilines is 1. The molecule has 1 N–H and O–H groups in total. The van der Waals surface area contributed by atoms with E-state index in [1.165, 1.54) is 12.1 Å². The van der Waals surface area contributed by atoms with Gasteiger partial charge in [-0.25, -0.2) is 0 Å². The maximum Gasteiger partial charge on any atom is 0.269 e. The molecule has 0 aliphatic heterocycles. The number of nitro groups is 1. The Morgan fingerprint density at radius 3 is 2.28 bits per heavy atom. The zero-order chi connectivity index (χ0) is 22.7. The lowest BCUT2D eigenvalue weighted by molar-refractivity contribution is -0.384. The first kappa shape index (κ1) is 21.8. The molecule has 0 aliphatic carbocycles. The highest BCUT2D eigenvalue weighted by molar-refractivity contribution is 6.42. The quantitative estimate of drug-likeness (QED) is 0.174. The van der Waals surface area contributed by atoms with E-state index in [1.807, 2.05) is 48.5 Å². The predicted octanol–water partition coefficient (Wildman–Crippen LogP) is 7.48. The van der Waals surface area contributed by atoms with Crippen molar-refractivity contribution in [1.29, 1.82) is 0 Å². The highest BCUT2D eigenvalue weighted by atomic mass is 35.5. The van der Waals surface area contributed by atoms with Crippen LogP contribution in [0.4, 0.5) is 11.4 Å². The van der Waals surface area contributed by atoms with Crippen molar-refractivity contribution in [2.45, 2.75) is 12.5 Å². The van der Waals surface area contributed by atoms with E-state index in [-0.39, 0.29) is 17.9 Å². The van der Waals surface area contributed by atoms with Crippen molar-refractivity contribution >= 4 is 51.1 Å². The van der Waals surface area contributed by atoms with Gasteiger partial charge in [-0.1, -0.05) is 65.7 Å². The van der Waals surface area contributed by atoms with Crippen LogP contribution < -0.4 is 5.32 Å². The number of ketones is 1. The average Bonchev–Trinajstić information content (AvgIpc) is 2.80. The first-order valence-corrected chi connectivity index (χ1v) is 10.6. The Bertz CT molecular complexity index is 1310. The molecule has 0 amide bonds. The van der Waals surface area contributed by atoms with Crippen LogP contribution in [-0.4, -0.2) is 10.7 Å². The molecule has 0 fully saturated rings. The number of nitrogens with one attached hydrogen (secondary N) is 1. The smallest absolute Gasteiger partial charge is 0.269 e. The van der Waals surface area contributed by atoms with Crippen LogP contribution in [0.25, 0.3) is 10.8 Å². The highest BCUT2D eigenvalue weighted by Crippen LogP contribution is 2.31. The normalized spacial score (nSPS) is 11.8. The summed E-state index contributed by atoms with van der Waals surface area (Å²) in [6.45, 7) is 0. The van der Waals surface area contributed by atoms with Gasteiger partial charge in [0.15, 0.2) is 5.78 Å². The van der Waals surface area contributed by atoms with Gasteiger partial charge in [0.25, 0.3) is 5.69 Å². The van der Waals surface area contributed by atoms with Gasteiger partial charge in [0.2, 0.25) is 0 Å². The van der Waals surface area contributed by atoms with Crippen molar-refractivity contribution in [2.75, 3.05) is 5.32 Å². The Labute approximate surface area is 194 Å². The fourth-order valence-electron chi connectivity index (χ4n) is 3.53. The molecule has 5 nitrogen and oxygen atoms in total. The van der Waals surface area contributed by atoms with Crippen molar-refractivity contribution in [3.63, 3.8) is 0 Å². The van der Waals surface area contributed by atoms with Gasteiger partial charge >= 0.3 is 0 Å². The molecule has 7 heteroatoms. The van der Waals surface area contributed by atoms with Gasteiger partial charge in [0, 0.05) is 29.8 Å². The monoisotopic (exact) mass is 464 g/mol. The van der Waals surface area contributed by atoms with Gasteiger partial charge in [0.1, 0.15) is 0 Å². The molecule has 1 atom stereocenters. The van der Waals surface area contributed by atoms with E-state index in [9.17, 15) is 14.9 Å². The minimum Gasteiger partial charge on any atom is -0.378 e.